The first-order chi connectivity index (χ1) is 22.1. The zero-order chi connectivity index (χ0) is 32.9. The van der Waals surface area contributed by atoms with Gasteiger partial charge < -0.3 is 20.1 Å². The SMILES string of the molecule is CCCCCC/C=C\CCCCCCCCOCC(COP(=O)(O)OCCN)OCCCCCCCC/C=C\CCCCCC. The highest BCUT2D eigenvalue weighted by Gasteiger charge is 2.23. The van der Waals surface area contributed by atoms with Gasteiger partial charge in [0.15, 0.2) is 0 Å². The summed E-state index contributed by atoms with van der Waals surface area (Å²) in [6.45, 7) is 6.19. The lowest BCUT2D eigenvalue weighted by atomic mass is 10.1. The van der Waals surface area contributed by atoms with Crippen LogP contribution in [-0.4, -0.2) is 50.6 Å². The molecule has 0 bridgehead atoms. The lowest BCUT2D eigenvalue weighted by molar-refractivity contribution is -0.0443. The van der Waals surface area contributed by atoms with Gasteiger partial charge in [-0.25, -0.2) is 4.57 Å². The molecule has 0 aromatic heterocycles. The van der Waals surface area contributed by atoms with Gasteiger partial charge in [0.2, 0.25) is 0 Å². The molecule has 8 heteroatoms. The molecule has 0 heterocycles. The van der Waals surface area contributed by atoms with Crippen LogP contribution in [0.25, 0.3) is 0 Å². The number of allylic oxidation sites excluding steroid dienone is 4. The topological polar surface area (TPSA) is 100 Å². The van der Waals surface area contributed by atoms with Crippen LogP contribution >= 0.6 is 7.82 Å². The van der Waals surface area contributed by atoms with E-state index in [2.05, 4.69) is 38.2 Å². The predicted octanol–water partition coefficient (Wildman–Crippen LogP) is 11.0. The van der Waals surface area contributed by atoms with E-state index >= 15 is 0 Å². The number of phosphoric acid groups is 1. The van der Waals surface area contributed by atoms with Gasteiger partial charge in [-0.3, -0.25) is 9.05 Å². The third-order valence-corrected chi connectivity index (χ3v) is 8.89. The fraction of sp³-hybridized carbons (Fsp3) is 0.892. The molecule has 0 saturated heterocycles. The van der Waals surface area contributed by atoms with Crippen molar-refractivity contribution in [1.29, 1.82) is 0 Å². The average Bonchev–Trinajstić information content (AvgIpc) is 3.03. The molecule has 0 aliphatic heterocycles. The molecule has 0 aromatic rings. The second kappa shape index (κ2) is 36.3. The number of rotatable bonds is 37. The molecule has 268 valence electrons. The van der Waals surface area contributed by atoms with Crippen molar-refractivity contribution in [3.63, 3.8) is 0 Å². The molecular weight excluding hydrogens is 585 g/mol. The first-order valence-electron chi connectivity index (χ1n) is 18.9. The molecule has 0 aromatic carbocycles. The average molecular weight is 660 g/mol. The zero-order valence-corrected chi connectivity index (χ0v) is 30.5. The molecule has 0 radical (unpaired) electrons. The molecule has 0 spiro atoms. The van der Waals surface area contributed by atoms with Gasteiger partial charge in [-0.15, -0.1) is 0 Å². The van der Waals surface area contributed by atoms with Crippen LogP contribution in [0, 0.1) is 0 Å². The first-order valence-corrected chi connectivity index (χ1v) is 20.4. The number of phosphoric ester groups is 1. The summed E-state index contributed by atoms with van der Waals surface area (Å²) in [5, 5.41) is 0. The molecule has 2 atom stereocenters. The summed E-state index contributed by atoms with van der Waals surface area (Å²) in [7, 11) is -4.14. The van der Waals surface area contributed by atoms with E-state index in [1.165, 1.54) is 128 Å². The first kappa shape index (κ1) is 44.5. The van der Waals surface area contributed by atoms with Crippen LogP contribution < -0.4 is 5.73 Å². The second-order valence-electron chi connectivity index (χ2n) is 12.4. The van der Waals surface area contributed by atoms with Crippen LogP contribution in [0.2, 0.25) is 0 Å². The molecule has 45 heavy (non-hydrogen) atoms. The Morgan fingerprint density at radius 3 is 1.44 bits per heavy atom. The fourth-order valence-corrected chi connectivity index (χ4v) is 5.85. The standard InChI is InChI=1S/C37H74NO6P/c1-3-5-7-9-11-13-15-17-19-21-23-25-27-29-32-41-35-37(36-44-45(39,40)43-34-31-38)42-33-30-28-26-24-22-20-18-16-14-12-10-8-6-4-2/h13-16,37H,3-12,17-36,38H2,1-2H3,(H,39,40)/b15-13-,16-14-. The highest BCUT2D eigenvalue weighted by Crippen LogP contribution is 2.43. The smallest absolute Gasteiger partial charge is 0.379 e. The maximum atomic E-state index is 12.1. The van der Waals surface area contributed by atoms with Gasteiger partial charge in [-0.2, -0.15) is 0 Å². The van der Waals surface area contributed by atoms with Crippen molar-refractivity contribution in [2.75, 3.05) is 39.6 Å². The van der Waals surface area contributed by atoms with Gasteiger partial charge in [-0.05, 0) is 64.2 Å². The van der Waals surface area contributed by atoms with Gasteiger partial charge in [0.25, 0.3) is 0 Å². The van der Waals surface area contributed by atoms with Gasteiger partial charge in [0, 0.05) is 19.8 Å². The van der Waals surface area contributed by atoms with Gasteiger partial charge in [-0.1, -0.05) is 128 Å². The van der Waals surface area contributed by atoms with Crippen LogP contribution in [-0.2, 0) is 23.1 Å². The Balaban J connectivity index is 3.97. The number of nitrogens with two attached hydrogens (primary N) is 1. The number of hydrogen-bond donors (Lipinski definition) is 2. The maximum Gasteiger partial charge on any atom is 0.472 e. The van der Waals surface area contributed by atoms with Gasteiger partial charge >= 0.3 is 7.82 Å². The largest absolute Gasteiger partial charge is 0.472 e. The molecule has 3 N–H and O–H groups in total. The normalized spacial score (nSPS) is 14.1. The molecule has 0 amide bonds. The van der Waals surface area contributed by atoms with Crippen LogP contribution in [0.4, 0.5) is 0 Å². The summed E-state index contributed by atoms with van der Waals surface area (Å²) in [5.74, 6) is 0. The Bertz CT molecular complexity index is 690. The third kappa shape index (κ3) is 36.2. The monoisotopic (exact) mass is 660 g/mol. The number of unbranched alkanes of at least 4 members (excludes halogenated alkanes) is 20. The van der Waals surface area contributed by atoms with Crippen molar-refractivity contribution in [2.45, 2.75) is 174 Å². The summed E-state index contributed by atoms with van der Waals surface area (Å²) in [6, 6.07) is 0. The number of hydrogen-bond acceptors (Lipinski definition) is 6. The van der Waals surface area contributed by atoms with Gasteiger partial charge in [0.05, 0.1) is 19.8 Å². The van der Waals surface area contributed by atoms with Crippen molar-refractivity contribution in [3.8, 4) is 0 Å². The molecule has 2 unspecified atom stereocenters. The third-order valence-electron chi connectivity index (χ3n) is 7.91. The quantitative estimate of drug-likeness (QED) is 0.0389. The maximum absolute atomic E-state index is 12.1. The molecule has 7 nitrogen and oxygen atoms in total. The van der Waals surface area contributed by atoms with E-state index in [9.17, 15) is 9.46 Å². The second-order valence-corrected chi connectivity index (χ2v) is 13.9. The fourth-order valence-electron chi connectivity index (χ4n) is 5.09. The lowest BCUT2D eigenvalue weighted by Gasteiger charge is -2.20. The lowest BCUT2D eigenvalue weighted by Crippen LogP contribution is -2.26. The van der Waals surface area contributed by atoms with Crippen molar-refractivity contribution in [3.05, 3.63) is 24.3 Å². The van der Waals surface area contributed by atoms with Crippen LogP contribution in [0.3, 0.4) is 0 Å². The Morgan fingerprint density at radius 2 is 0.978 bits per heavy atom. The van der Waals surface area contributed by atoms with Crippen molar-refractivity contribution in [2.24, 2.45) is 5.73 Å². The molecule has 0 rings (SSSR count). The summed E-state index contributed by atoms with van der Waals surface area (Å²) in [6.07, 6.45) is 38.9. The highest BCUT2D eigenvalue weighted by atomic mass is 31.2. The minimum absolute atomic E-state index is 0.0268. The van der Waals surface area contributed by atoms with E-state index in [4.69, 9.17) is 24.3 Å². The predicted molar refractivity (Wildman–Crippen MR) is 192 cm³/mol. The van der Waals surface area contributed by atoms with Crippen LogP contribution in [0.5, 0.6) is 0 Å². The van der Waals surface area contributed by atoms with E-state index < -0.39 is 13.9 Å². The molecular formula is C37H74NO6P. The zero-order valence-electron chi connectivity index (χ0n) is 29.6. The van der Waals surface area contributed by atoms with E-state index in [-0.39, 0.29) is 19.8 Å². The Kier molecular flexibility index (Phi) is 35.9. The van der Waals surface area contributed by atoms with Crippen molar-refractivity contribution >= 4 is 7.82 Å². The Morgan fingerprint density at radius 1 is 0.556 bits per heavy atom. The molecule has 0 saturated carbocycles. The van der Waals surface area contributed by atoms with Crippen molar-refractivity contribution in [1.82, 2.24) is 0 Å². The molecule has 0 fully saturated rings. The van der Waals surface area contributed by atoms with E-state index in [0.717, 1.165) is 25.7 Å². The van der Waals surface area contributed by atoms with Gasteiger partial charge in [0.1, 0.15) is 6.10 Å². The minimum atomic E-state index is -4.14. The summed E-state index contributed by atoms with van der Waals surface area (Å²) >= 11 is 0. The Labute approximate surface area is 279 Å². The van der Waals surface area contributed by atoms with Crippen LogP contribution in [0.1, 0.15) is 168 Å². The van der Waals surface area contributed by atoms with E-state index in [0.29, 0.717) is 19.8 Å². The molecule has 0 aliphatic carbocycles. The highest BCUT2D eigenvalue weighted by molar-refractivity contribution is 7.47. The van der Waals surface area contributed by atoms with E-state index in [1.807, 2.05) is 0 Å². The molecule has 0 aliphatic rings. The number of ether oxygens (including phenoxy) is 2. The minimum Gasteiger partial charge on any atom is -0.379 e. The summed E-state index contributed by atoms with van der Waals surface area (Å²) < 4.78 is 34.0. The Hall–Kier alpha value is -0.530. The van der Waals surface area contributed by atoms with E-state index in [1.54, 1.807) is 0 Å². The van der Waals surface area contributed by atoms with Crippen LogP contribution in [0.15, 0.2) is 24.3 Å². The summed E-state index contributed by atoms with van der Waals surface area (Å²) in [5.41, 5.74) is 5.37. The van der Waals surface area contributed by atoms with Crippen molar-refractivity contribution < 1.29 is 28.0 Å². The summed E-state index contributed by atoms with van der Waals surface area (Å²) in [4.78, 5) is 9.86.